The molecule has 1 atom stereocenters. The van der Waals surface area contributed by atoms with Gasteiger partial charge in [-0.3, -0.25) is 9.59 Å². The van der Waals surface area contributed by atoms with Crippen molar-refractivity contribution in [2.75, 3.05) is 32.8 Å². The van der Waals surface area contributed by atoms with Crippen LogP contribution in [0.3, 0.4) is 0 Å². The molecular weight excluding hydrogens is 422 g/mol. The van der Waals surface area contributed by atoms with Crippen LogP contribution in [0.1, 0.15) is 36.1 Å². The molecule has 2 fully saturated rings. The Balaban J connectivity index is 1.42. The van der Waals surface area contributed by atoms with Crippen molar-refractivity contribution in [1.82, 2.24) is 10.2 Å². The van der Waals surface area contributed by atoms with E-state index in [1.807, 2.05) is 52.7 Å². The minimum Gasteiger partial charge on any atom is -0.381 e. The zero-order chi connectivity index (χ0) is 22.4. The number of piperidine rings is 1. The molecule has 2 aliphatic rings. The fourth-order valence-electron chi connectivity index (χ4n) is 4.84. The normalized spacial score (nSPS) is 20.0. The topological polar surface area (TPSA) is 84.7 Å². The number of nitrogens with zero attached hydrogens (tertiary/aromatic N) is 1. The first-order valence-electron chi connectivity index (χ1n) is 11.6. The lowest BCUT2D eigenvalue weighted by atomic mass is 9.71. The lowest BCUT2D eigenvalue weighted by Gasteiger charge is -2.42. The van der Waals surface area contributed by atoms with E-state index in [0.717, 1.165) is 36.5 Å². The molecule has 0 bridgehead atoms. The summed E-state index contributed by atoms with van der Waals surface area (Å²) in [6, 6.07) is 13.5. The predicted octanol–water partition coefficient (Wildman–Crippen LogP) is 2.72. The standard InChI is InChI=1S/C25H33N3O3S/c26-22(17-21-7-4-16-32-21)23(29)28-12-10-25(11-13-28,20-5-2-1-3-6-20)24(30)27-18-19-8-14-31-15-9-19/h1-7,16,19,22H,8-15,17-18,26H2,(H,27,30)/t22-/m0/s1. The minimum atomic E-state index is -0.610. The van der Waals surface area contributed by atoms with Crippen LogP contribution in [-0.2, 0) is 26.2 Å². The number of hydrogen-bond acceptors (Lipinski definition) is 5. The Kier molecular flexibility index (Phi) is 7.60. The molecule has 2 aromatic rings. The summed E-state index contributed by atoms with van der Waals surface area (Å²) in [4.78, 5) is 29.4. The van der Waals surface area contributed by atoms with E-state index in [4.69, 9.17) is 10.5 Å². The maximum absolute atomic E-state index is 13.5. The zero-order valence-corrected chi connectivity index (χ0v) is 19.3. The second kappa shape index (κ2) is 10.6. The number of benzene rings is 1. The third kappa shape index (κ3) is 5.22. The van der Waals surface area contributed by atoms with Gasteiger partial charge in [-0.2, -0.15) is 0 Å². The molecule has 3 heterocycles. The first-order chi connectivity index (χ1) is 15.6. The number of nitrogens with one attached hydrogen (secondary N) is 1. The van der Waals surface area contributed by atoms with Gasteiger partial charge < -0.3 is 20.7 Å². The maximum atomic E-state index is 13.5. The van der Waals surface area contributed by atoms with Crippen molar-refractivity contribution in [1.29, 1.82) is 0 Å². The van der Waals surface area contributed by atoms with Crippen molar-refractivity contribution in [3.8, 4) is 0 Å². The average Bonchev–Trinajstić information content (AvgIpc) is 3.36. The summed E-state index contributed by atoms with van der Waals surface area (Å²) in [5.41, 5.74) is 6.65. The highest BCUT2D eigenvalue weighted by atomic mass is 32.1. The van der Waals surface area contributed by atoms with E-state index in [-0.39, 0.29) is 11.8 Å². The number of thiophene rings is 1. The van der Waals surface area contributed by atoms with Crippen molar-refractivity contribution in [3.63, 3.8) is 0 Å². The molecule has 0 radical (unpaired) electrons. The van der Waals surface area contributed by atoms with Gasteiger partial charge in [-0.1, -0.05) is 36.4 Å². The van der Waals surface area contributed by atoms with Gasteiger partial charge in [0.2, 0.25) is 11.8 Å². The van der Waals surface area contributed by atoms with E-state index in [0.29, 0.717) is 44.8 Å². The molecule has 0 unspecified atom stereocenters. The van der Waals surface area contributed by atoms with Gasteiger partial charge >= 0.3 is 0 Å². The van der Waals surface area contributed by atoms with Gasteiger partial charge in [-0.05, 0) is 48.6 Å². The molecule has 7 heteroatoms. The molecule has 172 valence electrons. The highest BCUT2D eigenvalue weighted by molar-refractivity contribution is 7.09. The molecule has 0 aliphatic carbocycles. The molecule has 32 heavy (non-hydrogen) atoms. The Bertz CT molecular complexity index is 873. The molecule has 2 saturated heterocycles. The van der Waals surface area contributed by atoms with Gasteiger partial charge in [0, 0.05) is 44.1 Å². The van der Waals surface area contributed by atoms with Crippen molar-refractivity contribution >= 4 is 23.2 Å². The van der Waals surface area contributed by atoms with Gasteiger partial charge in [0.15, 0.2) is 0 Å². The SMILES string of the molecule is N[C@@H](Cc1cccs1)C(=O)N1CCC(C(=O)NCC2CCOCC2)(c2ccccc2)CC1. The largest absolute Gasteiger partial charge is 0.381 e. The van der Waals surface area contributed by atoms with Gasteiger partial charge in [0.25, 0.3) is 0 Å². The molecule has 0 saturated carbocycles. The lowest BCUT2D eigenvalue weighted by molar-refractivity contribution is -0.138. The van der Waals surface area contributed by atoms with Crippen molar-refractivity contribution < 1.29 is 14.3 Å². The van der Waals surface area contributed by atoms with E-state index in [9.17, 15) is 9.59 Å². The number of ether oxygens (including phenoxy) is 1. The van der Waals surface area contributed by atoms with Crippen molar-refractivity contribution in [2.45, 2.75) is 43.6 Å². The Morgan fingerprint density at radius 3 is 2.50 bits per heavy atom. The van der Waals surface area contributed by atoms with Crippen LogP contribution in [0.15, 0.2) is 47.8 Å². The molecule has 6 nitrogen and oxygen atoms in total. The number of amides is 2. The fourth-order valence-corrected chi connectivity index (χ4v) is 5.60. The Hall–Kier alpha value is -2.22. The third-order valence-corrected chi connectivity index (χ3v) is 7.80. The van der Waals surface area contributed by atoms with Crippen LogP contribution in [0, 0.1) is 5.92 Å². The number of carbonyl (C=O) groups is 2. The Labute approximate surface area is 194 Å². The fraction of sp³-hybridized carbons (Fsp3) is 0.520. The number of rotatable bonds is 7. The molecule has 2 aliphatic heterocycles. The van der Waals surface area contributed by atoms with E-state index >= 15 is 0 Å². The molecule has 2 amide bonds. The van der Waals surface area contributed by atoms with E-state index in [1.54, 1.807) is 11.3 Å². The minimum absolute atomic E-state index is 0.0253. The van der Waals surface area contributed by atoms with Crippen molar-refractivity contribution in [3.05, 3.63) is 58.3 Å². The zero-order valence-electron chi connectivity index (χ0n) is 18.5. The quantitative estimate of drug-likeness (QED) is 0.672. The molecule has 0 spiro atoms. The monoisotopic (exact) mass is 455 g/mol. The summed E-state index contributed by atoms with van der Waals surface area (Å²) < 4.78 is 5.44. The van der Waals surface area contributed by atoms with Crippen LogP contribution < -0.4 is 11.1 Å². The van der Waals surface area contributed by atoms with Gasteiger partial charge in [-0.15, -0.1) is 11.3 Å². The van der Waals surface area contributed by atoms with Gasteiger partial charge in [-0.25, -0.2) is 0 Å². The molecule has 1 aromatic carbocycles. The summed E-state index contributed by atoms with van der Waals surface area (Å²) in [6.45, 7) is 3.30. The second-order valence-electron chi connectivity index (χ2n) is 8.93. The summed E-state index contributed by atoms with van der Waals surface area (Å²) in [6.07, 6.45) is 3.75. The highest BCUT2D eigenvalue weighted by Gasteiger charge is 2.44. The number of likely N-dealkylation sites (tertiary alicyclic amines) is 1. The van der Waals surface area contributed by atoms with Gasteiger partial charge in [0.05, 0.1) is 11.5 Å². The number of carbonyl (C=O) groups excluding carboxylic acids is 2. The summed E-state index contributed by atoms with van der Waals surface area (Å²) in [5, 5.41) is 5.24. The molecule has 1 aromatic heterocycles. The predicted molar refractivity (Wildman–Crippen MR) is 126 cm³/mol. The average molecular weight is 456 g/mol. The smallest absolute Gasteiger partial charge is 0.239 e. The number of hydrogen-bond donors (Lipinski definition) is 2. The van der Waals surface area contributed by atoms with Crippen LogP contribution in [-0.4, -0.2) is 55.6 Å². The summed E-state index contributed by atoms with van der Waals surface area (Å²) >= 11 is 1.62. The molecular formula is C25H33N3O3S. The van der Waals surface area contributed by atoms with Crippen LogP contribution in [0.25, 0.3) is 0 Å². The van der Waals surface area contributed by atoms with Crippen LogP contribution in [0.2, 0.25) is 0 Å². The van der Waals surface area contributed by atoms with Crippen LogP contribution >= 0.6 is 11.3 Å². The first-order valence-corrected chi connectivity index (χ1v) is 12.4. The van der Waals surface area contributed by atoms with E-state index in [2.05, 4.69) is 5.32 Å². The first kappa shape index (κ1) is 23.0. The van der Waals surface area contributed by atoms with E-state index < -0.39 is 11.5 Å². The number of nitrogens with two attached hydrogens (primary N) is 1. The van der Waals surface area contributed by atoms with Crippen molar-refractivity contribution in [2.24, 2.45) is 11.7 Å². The highest BCUT2D eigenvalue weighted by Crippen LogP contribution is 2.36. The van der Waals surface area contributed by atoms with Crippen LogP contribution in [0.5, 0.6) is 0 Å². The van der Waals surface area contributed by atoms with Gasteiger partial charge in [0.1, 0.15) is 0 Å². The summed E-state index contributed by atoms with van der Waals surface area (Å²) in [7, 11) is 0. The maximum Gasteiger partial charge on any atom is 0.239 e. The lowest BCUT2D eigenvalue weighted by Crippen LogP contribution is -2.55. The third-order valence-electron chi connectivity index (χ3n) is 6.90. The molecule has 3 N–H and O–H groups in total. The second-order valence-corrected chi connectivity index (χ2v) is 9.96. The van der Waals surface area contributed by atoms with E-state index in [1.165, 1.54) is 0 Å². The molecule has 4 rings (SSSR count). The summed E-state index contributed by atoms with van der Waals surface area (Å²) in [5.74, 6) is 0.519. The Morgan fingerprint density at radius 2 is 1.84 bits per heavy atom. The Morgan fingerprint density at radius 1 is 1.12 bits per heavy atom. The van der Waals surface area contributed by atoms with Crippen LogP contribution in [0.4, 0.5) is 0 Å².